The maximum atomic E-state index is 14.4. The number of allylic oxidation sites excluding steroid dienone is 1. The summed E-state index contributed by atoms with van der Waals surface area (Å²) >= 11 is 0. The number of Topliss-reactive ketones (excluding diaryl/α,β-unsaturated/α-hetero) is 1. The van der Waals surface area contributed by atoms with Crippen LogP contribution in [0.1, 0.15) is 113 Å². The molecular formula is C41H60O15. The second-order valence-corrected chi connectivity index (χ2v) is 18.4. The molecule has 4 saturated heterocycles. The number of aliphatic hydroxyl groups excluding tert-OH is 2. The molecule has 56 heavy (non-hydrogen) atoms. The largest absolute Gasteiger partial charge is 0.466 e. The number of carbonyl (C=O) groups is 5. The van der Waals surface area contributed by atoms with E-state index in [4.69, 9.17) is 33.2 Å². The molecule has 0 saturated carbocycles. The molecule has 5 aliphatic rings. The quantitative estimate of drug-likeness (QED) is 0.158. The van der Waals surface area contributed by atoms with Gasteiger partial charge in [-0.2, -0.15) is 0 Å². The van der Waals surface area contributed by atoms with E-state index >= 15 is 0 Å². The van der Waals surface area contributed by atoms with Crippen molar-refractivity contribution in [1.82, 2.24) is 0 Å². The molecule has 0 aromatic rings. The average Bonchev–Trinajstić information content (AvgIpc) is 3.56. The van der Waals surface area contributed by atoms with E-state index in [0.717, 1.165) is 0 Å². The first kappa shape index (κ1) is 43.9. The number of hydrogen-bond acceptors (Lipinski definition) is 15. The number of hydrogen-bond donors (Lipinski definition) is 3. The molecule has 0 amide bonds. The zero-order chi connectivity index (χ0) is 41.6. The molecule has 4 fully saturated rings. The number of methoxy groups -OCH3 is 1. The van der Waals surface area contributed by atoms with E-state index in [0.29, 0.717) is 5.57 Å². The summed E-state index contributed by atoms with van der Waals surface area (Å²) in [7, 11) is 1.26. The van der Waals surface area contributed by atoms with Crippen molar-refractivity contribution >= 4 is 29.7 Å². The van der Waals surface area contributed by atoms with Gasteiger partial charge < -0.3 is 48.5 Å². The number of esters is 4. The van der Waals surface area contributed by atoms with Gasteiger partial charge in [-0.25, -0.2) is 4.79 Å². The van der Waals surface area contributed by atoms with Crippen LogP contribution in [0.4, 0.5) is 0 Å². The fraction of sp³-hybridized carbons (Fsp3) is 0.780. The van der Waals surface area contributed by atoms with Crippen molar-refractivity contribution < 1.29 is 72.5 Å². The van der Waals surface area contributed by atoms with Crippen LogP contribution in [0.3, 0.4) is 0 Å². The maximum Gasteiger partial charge on any atom is 0.330 e. The zero-order valence-electron chi connectivity index (χ0n) is 34.0. The van der Waals surface area contributed by atoms with E-state index in [9.17, 15) is 39.3 Å². The van der Waals surface area contributed by atoms with E-state index in [1.54, 1.807) is 60.6 Å². The van der Waals surface area contributed by atoms with Crippen LogP contribution in [-0.2, 0) is 57.1 Å². The van der Waals surface area contributed by atoms with Gasteiger partial charge in [0, 0.05) is 43.1 Å². The number of ketones is 1. The van der Waals surface area contributed by atoms with E-state index < -0.39 is 119 Å². The highest BCUT2D eigenvalue weighted by Gasteiger charge is 2.64. The second-order valence-electron chi connectivity index (χ2n) is 18.4. The number of rotatable bonds is 2. The molecular weight excluding hydrogens is 732 g/mol. The number of carbonyl (C=O) groups excluding carboxylic acids is 5. The van der Waals surface area contributed by atoms with Crippen molar-refractivity contribution in [2.24, 2.45) is 22.2 Å². The van der Waals surface area contributed by atoms with Gasteiger partial charge in [-0.15, -0.1) is 0 Å². The normalized spacial score (nSPS) is 40.6. The summed E-state index contributed by atoms with van der Waals surface area (Å²) in [4.78, 5) is 65.6. The van der Waals surface area contributed by atoms with Crippen molar-refractivity contribution in [2.75, 3.05) is 7.11 Å². The summed E-state index contributed by atoms with van der Waals surface area (Å²) in [5, 5.41) is 34.7. The van der Waals surface area contributed by atoms with Gasteiger partial charge in [-0.1, -0.05) is 31.6 Å². The Morgan fingerprint density at radius 3 is 2.23 bits per heavy atom. The second kappa shape index (κ2) is 16.2. The third kappa shape index (κ3) is 9.39. The topological polar surface area (TPSA) is 211 Å². The molecule has 15 heteroatoms. The van der Waals surface area contributed by atoms with Crippen molar-refractivity contribution in [2.45, 2.75) is 174 Å². The molecule has 3 N–H and O–H groups in total. The molecule has 15 nitrogen and oxygen atoms in total. The lowest BCUT2D eigenvalue weighted by atomic mass is 9.70. The minimum absolute atomic E-state index is 0.0259. The lowest BCUT2D eigenvalue weighted by molar-refractivity contribution is -0.349. The SMILES string of the molecule is COC(=O)/C=C1\C[C@H]2C[C@]3(O)O[C@H](C[C@@H](O)CC(=O)O[C@@H](C)[C@H](O)C[C@@H]4C[C@@H]5CC(=O)O[C@]5(O4)C(=O)C(C)(C)/C=C/[C@@H](C1)O2)C[C@H](OC(=O)C(C)(C)C)C3(C)C. The van der Waals surface area contributed by atoms with Crippen molar-refractivity contribution in [3.63, 3.8) is 0 Å². The minimum atomic E-state index is -2.02. The Hall–Kier alpha value is -3.21. The lowest BCUT2D eigenvalue weighted by Gasteiger charge is -2.54. The van der Waals surface area contributed by atoms with E-state index in [-0.39, 0.29) is 51.4 Å². The zero-order valence-corrected chi connectivity index (χ0v) is 34.0. The van der Waals surface area contributed by atoms with Crippen molar-refractivity contribution in [3.05, 3.63) is 23.8 Å². The Bertz CT molecular complexity index is 1590. The minimum Gasteiger partial charge on any atom is -0.466 e. The summed E-state index contributed by atoms with van der Waals surface area (Å²) in [6.07, 6.45) is -2.77. The van der Waals surface area contributed by atoms with Gasteiger partial charge in [0.15, 0.2) is 5.79 Å². The predicted molar refractivity (Wildman–Crippen MR) is 196 cm³/mol. The molecule has 0 radical (unpaired) electrons. The van der Waals surface area contributed by atoms with Gasteiger partial charge >= 0.3 is 23.9 Å². The van der Waals surface area contributed by atoms with Gasteiger partial charge in [-0.05, 0) is 60.8 Å². The van der Waals surface area contributed by atoms with Crippen molar-refractivity contribution in [1.29, 1.82) is 0 Å². The molecule has 5 rings (SSSR count). The fourth-order valence-electron chi connectivity index (χ4n) is 8.36. The van der Waals surface area contributed by atoms with Crippen LogP contribution in [0.25, 0.3) is 0 Å². The Kier molecular flexibility index (Phi) is 12.7. The van der Waals surface area contributed by atoms with Gasteiger partial charge in [0.1, 0.15) is 12.2 Å². The summed E-state index contributed by atoms with van der Waals surface area (Å²) in [5.41, 5.74) is -2.71. The molecule has 0 aromatic carbocycles. The van der Waals surface area contributed by atoms with Crippen LogP contribution < -0.4 is 0 Å². The van der Waals surface area contributed by atoms with Crippen LogP contribution >= 0.6 is 0 Å². The molecule has 1 spiro atoms. The van der Waals surface area contributed by atoms with Crippen LogP contribution in [0, 0.1) is 22.2 Å². The third-order valence-corrected chi connectivity index (χ3v) is 11.9. The number of ether oxygens (including phenoxy) is 7. The first-order valence-electron chi connectivity index (χ1n) is 19.6. The molecule has 314 valence electrons. The van der Waals surface area contributed by atoms with Crippen LogP contribution in [0.2, 0.25) is 0 Å². The highest BCUT2D eigenvalue weighted by atomic mass is 16.7. The van der Waals surface area contributed by atoms with Gasteiger partial charge in [0.25, 0.3) is 5.79 Å². The standard InChI is InChI=1S/C41H60O15/c1-22-30(43)19-27-15-24-16-34(46)56-41(24,55-27)35(47)38(5,6)11-10-26-12-23(14-32(44)50-9)13-29(52-26)21-40(49)39(7,8)31(53-36(48)37(2,3)4)20-28(54-40)17-25(42)18-33(45)51-22/h10-11,14,22,24-31,42-43,49H,12-13,15-21H2,1-9H3/b11-10+,23-14-/t22-,24+,25+,26-,27-,28+,29-,30+,31-,40-,41-/m0/s1. The molecule has 6 bridgehead atoms. The Morgan fingerprint density at radius 1 is 0.893 bits per heavy atom. The van der Waals surface area contributed by atoms with Crippen LogP contribution in [0.5, 0.6) is 0 Å². The fourth-order valence-corrected chi connectivity index (χ4v) is 8.36. The van der Waals surface area contributed by atoms with Gasteiger partial charge in [0.05, 0.1) is 67.4 Å². The highest BCUT2D eigenvalue weighted by molar-refractivity contribution is 5.96. The van der Waals surface area contributed by atoms with E-state index in [2.05, 4.69) is 0 Å². The number of aliphatic hydroxyl groups is 3. The van der Waals surface area contributed by atoms with Crippen molar-refractivity contribution in [3.8, 4) is 0 Å². The molecule has 11 atom stereocenters. The third-order valence-electron chi connectivity index (χ3n) is 11.9. The molecule has 5 heterocycles. The summed E-state index contributed by atoms with van der Waals surface area (Å²) in [6.45, 7) is 13.4. The lowest BCUT2D eigenvalue weighted by Crippen LogP contribution is -2.62. The average molecular weight is 793 g/mol. The maximum absolute atomic E-state index is 14.4. The Balaban J connectivity index is 1.53. The molecule has 0 aromatic heterocycles. The summed E-state index contributed by atoms with van der Waals surface area (Å²) < 4.78 is 41.2. The number of fused-ring (bicyclic) bond motifs is 5. The number of cyclic esters (lactones) is 1. The Morgan fingerprint density at radius 2 is 1.57 bits per heavy atom. The van der Waals surface area contributed by atoms with Crippen LogP contribution in [-0.4, -0.2) is 112 Å². The highest BCUT2D eigenvalue weighted by Crippen LogP contribution is 2.51. The molecule has 0 aliphatic carbocycles. The van der Waals surface area contributed by atoms with Gasteiger partial charge in [0.2, 0.25) is 5.78 Å². The van der Waals surface area contributed by atoms with Gasteiger partial charge in [-0.3, -0.25) is 19.2 Å². The van der Waals surface area contributed by atoms with Crippen LogP contribution in [0.15, 0.2) is 23.8 Å². The monoisotopic (exact) mass is 792 g/mol. The summed E-state index contributed by atoms with van der Waals surface area (Å²) in [5.74, 6) is -7.48. The molecule has 5 aliphatic heterocycles. The smallest absolute Gasteiger partial charge is 0.330 e. The molecule has 0 unspecified atom stereocenters. The van der Waals surface area contributed by atoms with E-state index in [1.165, 1.54) is 20.1 Å². The predicted octanol–water partition coefficient (Wildman–Crippen LogP) is 3.52. The summed E-state index contributed by atoms with van der Waals surface area (Å²) in [6, 6.07) is 0. The van der Waals surface area contributed by atoms with E-state index in [1.807, 2.05) is 0 Å². The first-order chi connectivity index (χ1) is 25.9. The first-order valence-corrected chi connectivity index (χ1v) is 19.6. The Labute approximate surface area is 328 Å².